The molecule has 6 heteroatoms. The van der Waals surface area contributed by atoms with Crippen LogP contribution in [0.5, 0.6) is 0 Å². The van der Waals surface area contributed by atoms with Crippen LogP contribution in [0.25, 0.3) is 0 Å². The van der Waals surface area contributed by atoms with E-state index in [0.717, 1.165) is 11.1 Å². The normalized spacial score (nSPS) is 18.3. The Morgan fingerprint density at radius 3 is 2.14 bits per heavy atom. The van der Waals surface area contributed by atoms with Crippen LogP contribution >= 0.6 is 0 Å². The van der Waals surface area contributed by atoms with Crippen molar-refractivity contribution in [1.82, 2.24) is 4.90 Å². The Balaban J connectivity index is 1.61. The fourth-order valence-electron chi connectivity index (χ4n) is 3.17. The van der Waals surface area contributed by atoms with Crippen LogP contribution in [-0.2, 0) is 32.2 Å². The summed E-state index contributed by atoms with van der Waals surface area (Å²) < 4.78 is 16.5. The molecule has 1 heterocycles. The van der Waals surface area contributed by atoms with Gasteiger partial charge in [-0.15, -0.1) is 6.58 Å². The highest BCUT2D eigenvalue weighted by atomic mass is 16.6. The van der Waals surface area contributed by atoms with Crippen molar-refractivity contribution in [2.24, 2.45) is 0 Å². The van der Waals surface area contributed by atoms with Gasteiger partial charge in [-0.25, -0.2) is 9.59 Å². The molecule has 0 aliphatic carbocycles. The molecule has 1 saturated heterocycles. The second-order valence-electron chi connectivity index (χ2n) is 6.78. The quantitative estimate of drug-likeness (QED) is 0.504. The molecule has 152 valence electrons. The van der Waals surface area contributed by atoms with Crippen LogP contribution in [0.2, 0.25) is 0 Å². The smallest absolute Gasteiger partial charge is 0.410 e. The Kier molecular flexibility index (Phi) is 7.41. The first-order chi connectivity index (χ1) is 14.2. The van der Waals surface area contributed by atoms with Crippen molar-refractivity contribution in [2.45, 2.75) is 31.8 Å². The molecule has 0 aromatic heterocycles. The summed E-state index contributed by atoms with van der Waals surface area (Å²) in [6.45, 7) is 4.55. The van der Waals surface area contributed by atoms with Crippen molar-refractivity contribution in [2.75, 3.05) is 13.2 Å². The van der Waals surface area contributed by atoms with Crippen LogP contribution in [-0.4, -0.2) is 42.3 Å². The van der Waals surface area contributed by atoms with Gasteiger partial charge >= 0.3 is 12.1 Å². The zero-order valence-electron chi connectivity index (χ0n) is 16.2. The van der Waals surface area contributed by atoms with Gasteiger partial charge in [0.2, 0.25) is 0 Å². The van der Waals surface area contributed by atoms with E-state index in [9.17, 15) is 9.59 Å². The third kappa shape index (κ3) is 5.93. The first-order valence-corrected chi connectivity index (χ1v) is 9.57. The van der Waals surface area contributed by atoms with Crippen LogP contribution < -0.4 is 0 Å². The van der Waals surface area contributed by atoms with E-state index in [2.05, 4.69) is 6.58 Å². The van der Waals surface area contributed by atoms with E-state index in [4.69, 9.17) is 14.2 Å². The monoisotopic (exact) mass is 395 g/mol. The van der Waals surface area contributed by atoms with Crippen LogP contribution in [0.4, 0.5) is 4.79 Å². The molecule has 29 heavy (non-hydrogen) atoms. The second-order valence-corrected chi connectivity index (χ2v) is 6.78. The lowest BCUT2D eigenvalue weighted by Crippen LogP contribution is -2.41. The molecule has 1 amide bonds. The molecule has 2 atom stereocenters. The number of likely N-dealkylation sites (tertiary alicyclic amines) is 1. The minimum atomic E-state index is -0.739. The Labute approximate surface area is 170 Å². The molecule has 1 fully saturated rings. The number of nitrogens with zero attached hydrogens (tertiary/aromatic N) is 1. The van der Waals surface area contributed by atoms with Gasteiger partial charge in [-0.1, -0.05) is 66.7 Å². The molecule has 0 unspecified atom stereocenters. The molecule has 3 rings (SSSR count). The van der Waals surface area contributed by atoms with Crippen molar-refractivity contribution >= 4 is 12.1 Å². The van der Waals surface area contributed by atoms with E-state index >= 15 is 0 Å². The average molecular weight is 395 g/mol. The molecule has 0 N–H and O–H groups in total. The SMILES string of the molecule is C=CCO[C@H]1C[C@@H](C(=O)OCc2ccccc2)N(C(=O)OCc2ccccc2)C1. The molecule has 2 aromatic rings. The predicted octanol–water partition coefficient (Wildman–Crippen LogP) is 3.71. The average Bonchev–Trinajstić information content (AvgIpc) is 3.20. The van der Waals surface area contributed by atoms with Crippen LogP contribution in [0.1, 0.15) is 17.5 Å². The van der Waals surface area contributed by atoms with Crippen molar-refractivity contribution in [3.8, 4) is 0 Å². The lowest BCUT2D eigenvalue weighted by molar-refractivity contribution is -0.150. The summed E-state index contributed by atoms with van der Waals surface area (Å²) in [5, 5.41) is 0. The zero-order chi connectivity index (χ0) is 20.5. The van der Waals surface area contributed by atoms with Crippen LogP contribution in [0.3, 0.4) is 0 Å². The fourth-order valence-corrected chi connectivity index (χ4v) is 3.17. The Morgan fingerprint density at radius 2 is 1.55 bits per heavy atom. The van der Waals surface area contributed by atoms with Gasteiger partial charge in [-0.3, -0.25) is 4.90 Å². The first kappa shape index (κ1) is 20.6. The lowest BCUT2D eigenvalue weighted by Gasteiger charge is -2.22. The van der Waals surface area contributed by atoms with Crippen molar-refractivity contribution in [1.29, 1.82) is 0 Å². The predicted molar refractivity (Wildman–Crippen MR) is 108 cm³/mol. The van der Waals surface area contributed by atoms with Crippen LogP contribution in [0.15, 0.2) is 73.3 Å². The van der Waals surface area contributed by atoms with Gasteiger partial charge in [0.15, 0.2) is 0 Å². The zero-order valence-corrected chi connectivity index (χ0v) is 16.2. The minimum absolute atomic E-state index is 0.139. The van der Waals surface area contributed by atoms with Gasteiger partial charge < -0.3 is 14.2 Å². The van der Waals surface area contributed by atoms with E-state index in [1.54, 1.807) is 6.08 Å². The van der Waals surface area contributed by atoms with E-state index < -0.39 is 18.1 Å². The number of hydrogen-bond acceptors (Lipinski definition) is 5. The molecule has 0 saturated carbocycles. The minimum Gasteiger partial charge on any atom is -0.459 e. The highest BCUT2D eigenvalue weighted by Gasteiger charge is 2.42. The molecule has 2 aromatic carbocycles. The van der Waals surface area contributed by atoms with Gasteiger partial charge in [0.1, 0.15) is 19.3 Å². The largest absolute Gasteiger partial charge is 0.459 e. The maximum absolute atomic E-state index is 12.7. The summed E-state index contributed by atoms with van der Waals surface area (Å²) in [4.78, 5) is 26.7. The van der Waals surface area contributed by atoms with Crippen LogP contribution in [0, 0.1) is 0 Å². The number of benzene rings is 2. The van der Waals surface area contributed by atoms with Crippen molar-refractivity contribution < 1.29 is 23.8 Å². The molecular formula is C23H25NO5. The van der Waals surface area contributed by atoms with Gasteiger partial charge in [-0.05, 0) is 11.1 Å². The number of carbonyl (C=O) groups is 2. The number of carbonyl (C=O) groups excluding carboxylic acids is 2. The maximum Gasteiger partial charge on any atom is 0.410 e. The third-order valence-corrected chi connectivity index (χ3v) is 4.65. The van der Waals surface area contributed by atoms with Gasteiger partial charge in [-0.2, -0.15) is 0 Å². The molecule has 1 aliphatic heterocycles. The van der Waals surface area contributed by atoms with E-state index in [1.807, 2.05) is 60.7 Å². The number of esters is 1. The Hall–Kier alpha value is -3.12. The standard InChI is InChI=1S/C23H25NO5/c1-2-13-27-20-14-21(22(25)28-16-18-9-5-3-6-10-18)24(15-20)23(26)29-17-19-11-7-4-8-12-19/h2-12,20-21H,1,13-17H2/t20-,21-/m0/s1. The first-order valence-electron chi connectivity index (χ1n) is 9.57. The summed E-state index contributed by atoms with van der Waals surface area (Å²) in [7, 11) is 0. The Morgan fingerprint density at radius 1 is 0.966 bits per heavy atom. The summed E-state index contributed by atoms with van der Waals surface area (Å²) in [5.41, 5.74) is 1.76. The van der Waals surface area contributed by atoms with Crippen molar-refractivity contribution in [3.05, 3.63) is 84.4 Å². The third-order valence-electron chi connectivity index (χ3n) is 4.65. The highest BCUT2D eigenvalue weighted by molar-refractivity contribution is 5.82. The summed E-state index contributed by atoms with van der Waals surface area (Å²) in [6, 6.07) is 18.1. The lowest BCUT2D eigenvalue weighted by atomic mass is 10.2. The Bertz CT molecular complexity index is 745. The summed E-state index contributed by atoms with van der Waals surface area (Å²) >= 11 is 0. The van der Waals surface area contributed by atoms with Gasteiger partial charge in [0, 0.05) is 6.42 Å². The van der Waals surface area contributed by atoms with Gasteiger partial charge in [0.05, 0.1) is 19.3 Å². The van der Waals surface area contributed by atoms with Gasteiger partial charge in [0.25, 0.3) is 0 Å². The highest BCUT2D eigenvalue weighted by Crippen LogP contribution is 2.23. The van der Waals surface area contributed by atoms with E-state index in [-0.39, 0.29) is 25.9 Å². The fraction of sp³-hybridized carbons (Fsp3) is 0.304. The maximum atomic E-state index is 12.7. The number of hydrogen-bond donors (Lipinski definition) is 0. The topological polar surface area (TPSA) is 65.1 Å². The number of rotatable bonds is 8. The van der Waals surface area contributed by atoms with E-state index in [1.165, 1.54) is 4.90 Å². The molecular weight excluding hydrogens is 370 g/mol. The molecule has 0 radical (unpaired) electrons. The van der Waals surface area contributed by atoms with E-state index in [0.29, 0.717) is 13.0 Å². The molecule has 0 bridgehead atoms. The molecule has 6 nitrogen and oxygen atoms in total. The molecule has 0 spiro atoms. The number of amides is 1. The molecule has 1 aliphatic rings. The van der Waals surface area contributed by atoms with Crippen molar-refractivity contribution in [3.63, 3.8) is 0 Å². The summed E-state index contributed by atoms with van der Waals surface area (Å²) in [5.74, 6) is -0.463. The second kappa shape index (κ2) is 10.4. The number of ether oxygens (including phenoxy) is 3. The summed E-state index contributed by atoms with van der Waals surface area (Å²) in [6.07, 6.45) is 1.17.